The number of carbonyl (C=O) groups is 1. The molecule has 2 unspecified atom stereocenters. The molecule has 0 bridgehead atoms. The van der Waals surface area contributed by atoms with Crippen molar-refractivity contribution in [3.05, 3.63) is 99.5 Å². The van der Waals surface area contributed by atoms with Crippen molar-refractivity contribution >= 4 is 29.1 Å². The number of ether oxygens (including phenoxy) is 3. The molecule has 2 aliphatic heterocycles. The Morgan fingerprint density at radius 3 is 2.46 bits per heavy atom. The Balaban J connectivity index is 1.26. The van der Waals surface area contributed by atoms with Crippen molar-refractivity contribution in [2.75, 3.05) is 45.9 Å². The second-order valence-corrected chi connectivity index (χ2v) is 14.4. The summed E-state index contributed by atoms with van der Waals surface area (Å²) in [6.07, 6.45) is 7.69. The molecule has 2 atom stereocenters. The van der Waals surface area contributed by atoms with Gasteiger partial charge in [-0.15, -0.1) is 0 Å². The van der Waals surface area contributed by atoms with E-state index in [4.69, 9.17) is 37.4 Å². The summed E-state index contributed by atoms with van der Waals surface area (Å²) >= 11 is 12.9. The molecule has 0 aliphatic carbocycles. The Bertz CT molecular complexity index is 1410. The summed E-state index contributed by atoms with van der Waals surface area (Å²) in [5.41, 5.74) is 3.47. The number of hydrogen-bond acceptors (Lipinski definition) is 5. The molecule has 0 saturated carbocycles. The number of likely N-dealkylation sites (tertiary alicyclic amines) is 1. The van der Waals surface area contributed by atoms with E-state index in [-0.39, 0.29) is 30.6 Å². The van der Waals surface area contributed by atoms with E-state index in [2.05, 4.69) is 41.3 Å². The highest BCUT2D eigenvalue weighted by Crippen LogP contribution is 2.30. The summed E-state index contributed by atoms with van der Waals surface area (Å²) in [5, 5.41) is 1.08. The number of hydrogen-bond donors (Lipinski definition) is 0. The van der Waals surface area contributed by atoms with Gasteiger partial charge in [-0.2, -0.15) is 0 Å². The van der Waals surface area contributed by atoms with Gasteiger partial charge in [-0.3, -0.25) is 4.79 Å². The molecule has 0 N–H and O–H groups in total. The SMILES string of the molecule is CC(C)Oc1cccc(CC(=O)N(CCOC2CCCCO2)CC(CCN2CCC(Cc3ccccc3)CC2)c2ccc(Cl)c(Cl)c2)c1. The quantitative estimate of drug-likeness (QED) is 0.150. The van der Waals surface area contributed by atoms with Gasteiger partial charge < -0.3 is 24.0 Å². The molecule has 8 heteroatoms. The maximum Gasteiger partial charge on any atom is 0.227 e. The second-order valence-electron chi connectivity index (χ2n) is 13.6. The molecule has 260 valence electrons. The third-order valence-electron chi connectivity index (χ3n) is 9.51. The van der Waals surface area contributed by atoms with Crippen LogP contribution in [0.5, 0.6) is 5.75 Å². The van der Waals surface area contributed by atoms with E-state index in [0.29, 0.717) is 29.7 Å². The van der Waals surface area contributed by atoms with Crippen LogP contribution < -0.4 is 4.74 Å². The fourth-order valence-corrected chi connectivity index (χ4v) is 7.14. The van der Waals surface area contributed by atoms with Gasteiger partial charge in [-0.05, 0) is 125 Å². The Morgan fingerprint density at radius 1 is 0.938 bits per heavy atom. The van der Waals surface area contributed by atoms with Gasteiger partial charge in [0.05, 0.1) is 29.2 Å². The average Bonchev–Trinajstić information content (AvgIpc) is 3.08. The molecule has 0 aromatic heterocycles. The highest BCUT2D eigenvalue weighted by atomic mass is 35.5. The van der Waals surface area contributed by atoms with Crippen molar-refractivity contribution in [1.82, 2.24) is 9.80 Å². The number of rotatable bonds is 16. The maximum absolute atomic E-state index is 14.0. The monoisotopic (exact) mass is 694 g/mol. The van der Waals surface area contributed by atoms with Gasteiger partial charge in [-0.1, -0.05) is 71.7 Å². The summed E-state index contributed by atoms with van der Waals surface area (Å²) in [7, 11) is 0. The maximum atomic E-state index is 14.0. The first-order valence-electron chi connectivity index (χ1n) is 17.8. The molecule has 0 radical (unpaired) electrons. The average molecular weight is 696 g/mol. The molecule has 3 aromatic rings. The Kier molecular flexibility index (Phi) is 14.5. The Labute approximate surface area is 297 Å². The van der Waals surface area contributed by atoms with Crippen LogP contribution in [0.3, 0.4) is 0 Å². The summed E-state index contributed by atoms with van der Waals surface area (Å²) in [5.74, 6) is 1.66. The van der Waals surface area contributed by atoms with Crippen LogP contribution in [0.2, 0.25) is 10.0 Å². The minimum atomic E-state index is -0.198. The summed E-state index contributed by atoms with van der Waals surface area (Å²) < 4.78 is 17.8. The zero-order valence-electron chi connectivity index (χ0n) is 28.6. The second kappa shape index (κ2) is 19.0. The topological polar surface area (TPSA) is 51.2 Å². The molecule has 0 spiro atoms. The van der Waals surface area contributed by atoms with Crippen molar-refractivity contribution in [3.63, 3.8) is 0 Å². The standard InChI is InChI=1S/C40H52Cl2N2O4/c1-30(2)48-36-12-8-11-33(26-36)27-39(45)44(22-24-47-40-13-6-7-23-46-40)29-35(34-14-15-37(41)38(42)28-34)18-21-43-19-16-32(17-20-43)25-31-9-4-3-5-10-31/h3-5,8-12,14-15,26,28,30,32,35,40H,6-7,13,16-25,27,29H2,1-2H3. The predicted octanol–water partition coefficient (Wildman–Crippen LogP) is 8.82. The van der Waals surface area contributed by atoms with Crippen molar-refractivity contribution < 1.29 is 19.0 Å². The van der Waals surface area contributed by atoms with Crippen molar-refractivity contribution in [2.45, 2.75) is 83.5 Å². The zero-order valence-corrected chi connectivity index (χ0v) is 30.1. The summed E-state index contributed by atoms with van der Waals surface area (Å²) in [4.78, 5) is 18.6. The van der Waals surface area contributed by atoms with Crippen LogP contribution in [0.4, 0.5) is 0 Å². The first-order chi connectivity index (χ1) is 23.3. The molecule has 2 fully saturated rings. The van der Waals surface area contributed by atoms with Gasteiger partial charge in [-0.25, -0.2) is 0 Å². The largest absolute Gasteiger partial charge is 0.491 e. The first-order valence-corrected chi connectivity index (χ1v) is 18.6. The molecular weight excluding hydrogens is 643 g/mol. The number of carbonyl (C=O) groups excluding carboxylic acids is 1. The minimum Gasteiger partial charge on any atom is -0.491 e. The number of halogens is 2. The molecule has 2 saturated heterocycles. The molecule has 6 nitrogen and oxygen atoms in total. The number of amides is 1. The van der Waals surface area contributed by atoms with E-state index in [1.54, 1.807) is 0 Å². The molecule has 1 amide bonds. The minimum absolute atomic E-state index is 0.0632. The highest BCUT2D eigenvalue weighted by molar-refractivity contribution is 6.42. The Morgan fingerprint density at radius 2 is 1.73 bits per heavy atom. The van der Waals surface area contributed by atoms with Gasteiger partial charge in [0.25, 0.3) is 0 Å². The first kappa shape index (κ1) is 36.7. The lowest BCUT2D eigenvalue weighted by Gasteiger charge is -2.34. The van der Waals surface area contributed by atoms with Crippen LogP contribution in [0.25, 0.3) is 0 Å². The lowest BCUT2D eigenvalue weighted by Crippen LogP contribution is -2.40. The van der Waals surface area contributed by atoms with Crippen LogP contribution >= 0.6 is 23.2 Å². The van der Waals surface area contributed by atoms with Gasteiger partial charge in [0.1, 0.15) is 5.75 Å². The van der Waals surface area contributed by atoms with Gasteiger partial charge in [0.2, 0.25) is 5.91 Å². The molecule has 48 heavy (non-hydrogen) atoms. The lowest BCUT2D eigenvalue weighted by atomic mass is 9.89. The van der Waals surface area contributed by atoms with Gasteiger partial charge in [0.15, 0.2) is 6.29 Å². The molecule has 2 aliphatic rings. The van der Waals surface area contributed by atoms with Gasteiger partial charge >= 0.3 is 0 Å². The Hall–Kier alpha value is -2.61. The van der Waals surface area contributed by atoms with E-state index in [0.717, 1.165) is 81.1 Å². The van der Waals surface area contributed by atoms with Crippen LogP contribution in [0, 0.1) is 5.92 Å². The number of benzene rings is 3. The van der Waals surface area contributed by atoms with Crippen molar-refractivity contribution in [3.8, 4) is 5.75 Å². The predicted molar refractivity (Wildman–Crippen MR) is 195 cm³/mol. The van der Waals surface area contributed by atoms with E-state index in [1.807, 2.05) is 55.1 Å². The molecular formula is C40H52Cl2N2O4. The summed E-state index contributed by atoms with van der Waals surface area (Å²) in [6.45, 7) is 9.38. The third-order valence-corrected chi connectivity index (χ3v) is 10.2. The summed E-state index contributed by atoms with van der Waals surface area (Å²) in [6, 6.07) is 24.6. The van der Waals surface area contributed by atoms with E-state index in [1.165, 1.54) is 18.4 Å². The molecule has 5 rings (SSSR count). The van der Waals surface area contributed by atoms with Crippen LogP contribution in [-0.4, -0.2) is 74.0 Å². The van der Waals surface area contributed by atoms with Gasteiger partial charge in [0, 0.05) is 25.6 Å². The van der Waals surface area contributed by atoms with Crippen molar-refractivity contribution in [1.29, 1.82) is 0 Å². The zero-order chi connectivity index (χ0) is 33.7. The van der Waals surface area contributed by atoms with Crippen LogP contribution in [0.15, 0.2) is 72.8 Å². The lowest BCUT2D eigenvalue weighted by molar-refractivity contribution is -0.166. The van der Waals surface area contributed by atoms with Crippen LogP contribution in [0.1, 0.15) is 75.0 Å². The van der Waals surface area contributed by atoms with Crippen molar-refractivity contribution in [2.24, 2.45) is 5.92 Å². The fourth-order valence-electron chi connectivity index (χ4n) is 6.84. The molecule has 3 aromatic carbocycles. The van der Waals surface area contributed by atoms with E-state index >= 15 is 0 Å². The molecule has 2 heterocycles. The third kappa shape index (κ3) is 11.8. The smallest absolute Gasteiger partial charge is 0.227 e. The number of nitrogens with zero attached hydrogens (tertiary/aromatic N) is 2. The highest BCUT2D eigenvalue weighted by Gasteiger charge is 2.25. The number of piperidine rings is 1. The van der Waals surface area contributed by atoms with E-state index in [9.17, 15) is 4.79 Å². The normalized spacial score (nSPS) is 18.1. The van der Waals surface area contributed by atoms with Crippen LogP contribution in [-0.2, 0) is 27.1 Å². The van der Waals surface area contributed by atoms with E-state index < -0.39 is 0 Å². The fraction of sp³-hybridized carbons (Fsp3) is 0.525.